The third-order valence-corrected chi connectivity index (χ3v) is 5.65. The molecule has 1 aliphatic heterocycles. The monoisotopic (exact) mass is 281 g/mol. The maximum absolute atomic E-state index is 12.4. The zero-order chi connectivity index (χ0) is 15.6. The van der Waals surface area contributed by atoms with Gasteiger partial charge in [-0.05, 0) is 52.9 Å². The van der Waals surface area contributed by atoms with Crippen LogP contribution in [0.2, 0.25) is 0 Å². The number of hydrogen-bond acceptors (Lipinski definition) is 2. The van der Waals surface area contributed by atoms with Gasteiger partial charge in [0.1, 0.15) is 5.78 Å². The highest BCUT2D eigenvalue weighted by Crippen LogP contribution is 2.47. The summed E-state index contributed by atoms with van der Waals surface area (Å²) in [7, 11) is 0. The minimum absolute atomic E-state index is 0.0395. The van der Waals surface area contributed by atoms with E-state index in [1.54, 1.807) is 0 Å². The molecule has 1 rings (SSSR count). The molecule has 20 heavy (non-hydrogen) atoms. The van der Waals surface area contributed by atoms with Crippen LogP contribution in [0.1, 0.15) is 93.4 Å². The first kappa shape index (κ1) is 17.7. The Morgan fingerprint density at radius 2 is 1.40 bits per heavy atom. The molecule has 2 nitrogen and oxygen atoms in total. The van der Waals surface area contributed by atoms with Crippen molar-refractivity contribution < 1.29 is 4.79 Å². The number of hydrogen-bond donors (Lipinski definition) is 0. The summed E-state index contributed by atoms with van der Waals surface area (Å²) < 4.78 is 0. The summed E-state index contributed by atoms with van der Waals surface area (Å²) in [6.07, 6.45) is 6.92. The van der Waals surface area contributed by atoms with Gasteiger partial charge in [0.25, 0.3) is 0 Å². The van der Waals surface area contributed by atoms with Crippen molar-refractivity contribution in [2.45, 2.75) is 110 Å². The molecule has 1 saturated heterocycles. The zero-order valence-electron chi connectivity index (χ0n) is 14.8. The molecule has 1 heterocycles. The van der Waals surface area contributed by atoms with E-state index < -0.39 is 0 Å². The minimum atomic E-state index is 0.0395. The molecule has 2 heteroatoms. The molecule has 0 saturated carbocycles. The van der Waals surface area contributed by atoms with E-state index in [1.807, 2.05) is 0 Å². The summed E-state index contributed by atoms with van der Waals surface area (Å²) in [5.74, 6) is 0.465. The minimum Gasteiger partial charge on any atom is -0.300 e. The molecule has 118 valence electrons. The van der Waals surface area contributed by atoms with Crippen LogP contribution in [-0.2, 0) is 4.79 Å². The number of ketones is 1. The largest absolute Gasteiger partial charge is 0.300 e. The topological polar surface area (TPSA) is 20.3 Å². The van der Waals surface area contributed by atoms with Gasteiger partial charge < -0.3 is 0 Å². The maximum atomic E-state index is 12.4. The van der Waals surface area contributed by atoms with Gasteiger partial charge in [-0.2, -0.15) is 0 Å². The van der Waals surface area contributed by atoms with Crippen LogP contribution in [0.4, 0.5) is 0 Å². The Morgan fingerprint density at radius 1 is 0.950 bits per heavy atom. The van der Waals surface area contributed by atoms with Gasteiger partial charge in [-0.25, -0.2) is 0 Å². The van der Waals surface area contributed by atoms with Crippen LogP contribution in [0.3, 0.4) is 0 Å². The first-order valence-corrected chi connectivity index (χ1v) is 8.53. The predicted octanol–water partition coefficient (Wildman–Crippen LogP) is 4.96. The molecule has 0 N–H and O–H groups in total. The van der Waals surface area contributed by atoms with Crippen molar-refractivity contribution in [1.29, 1.82) is 0 Å². The third kappa shape index (κ3) is 2.95. The van der Waals surface area contributed by atoms with E-state index >= 15 is 0 Å². The van der Waals surface area contributed by atoms with Gasteiger partial charge in [0.2, 0.25) is 0 Å². The lowest BCUT2D eigenvalue weighted by Gasteiger charge is -2.59. The lowest BCUT2D eigenvalue weighted by molar-refractivity contribution is -0.124. The second-order valence-electron chi connectivity index (χ2n) is 7.58. The molecule has 0 aromatic carbocycles. The SMILES string of the molecule is CCC1(CC)CCC(=O)CC(CC)(CC)N1C(C)(C)C. The van der Waals surface area contributed by atoms with Crippen LogP contribution >= 0.6 is 0 Å². The zero-order valence-corrected chi connectivity index (χ0v) is 14.8. The summed E-state index contributed by atoms with van der Waals surface area (Å²) in [5.41, 5.74) is 0.316. The van der Waals surface area contributed by atoms with E-state index in [1.165, 1.54) is 0 Å². The van der Waals surface area contributed by atoms with Crippen LogP contribution in [0.15, 0.2) is 0 Å². The Hall–Kier alpha value is -0.370. The average molecular weight is 281 g/mol. The van der Waals surface area contributed by atoms with Gasteiger partial charge in [-0.15, -0.1) is 0 Å². The Kier molecular flexibility index (Phi) is 5.46. The van der Waals surface area contributed by atoms with E-state index in [0.29, 0.717) is 5.78 Å². The number of carbonyl (C=O) groups is 1. The van der Waals surface area contributed by atoms with Gasteiger partial charge >= 0.3 is 0 Å². The fourth-order valence-electron chi connectivity index (χ4n) is 4.68. The van der Waals surface area contributed by atoms with Crippen molar-refractivity contribution in [3.63, 3.8) is 0 Å². The summed E-state index contributed by atoms with van der Waals surface area (Å²) in [4.78, 5) is 15.1. The van der Waals surface area contributed by atoms with Crippen molar-refractivity contribution in [3.8, 4) is 0 Å². The molecule has 0 aromatic rings. The van der Waals surface area contributed by atoms with Crippen molar-refractivity contribution in [2.75, 3.05) is 0 Å². The van der Waals surface area contributed by atoms with Gasteiger partial charge in [-0.3, -0.25) is 9.69 Å². The van der Waals surface area contributed by atoms with Gasteiger partial charge in [0.05, 0.1) is 0 Å². The second kappa shape index (κ2) is 6.17. The molecular weight excluding hydrogens is 246 g/mol. The van der Waals surface area contributed by atoms with Crippen molar-refractivity contribution in [3.05, 3.63) is 0 Å². The lowest BCUT2D eigenvalue weighted by atomic mass is 9.76. The molecule has 0 amide bonds. The standard InChI is InChI=1S/C18H35NO/c1-8-17(9-2)13-12-15(20)14-18(10-3,11-4)19(17)16(5,6)7/h8-14H2,1-7H3. The Bertz CT molecular complexity index is 332. The van der Waals surface area contributed by atoms with E-state index in [0.717, 1.165) is 44.9 Å². The number of carbonyl (C=O) groups excluding carboxylic acids is 1. The summed E-state index contributed by atoms with van der Waals surface area (Å²) in [5, 5.41) is 0. The van der Waals surface area contributed by atoms with Crippen LogP contribution in [-0.4, -0.2) is 27.3 Å². The van der Waals surface area contributed by atoms with Gasteiger partial charge in [0.15, 0.2) is 0 Å². The van der Waals surface area contributed by atoms with Gasteiger partial charge in [0, 0.05) is 29.5 Å². The van der Waals surface area contributed by atoms with Crippen LogP contribution in [0.25, 0.3) is 0 Å². The summed E-state index contributed by atoms with van der Waals surface area (Å²) in [6, 6.07) is 0. The molecule has 0 aliphatic carbocycles. The van der Waals surface area contributed by atoms with E-state index in [2.05, 4.69) is 53.4 Å². The van der Waals surface area contributed by atoms with Crippen LogP contribution in [0.5, 0.6) is 0 Å². The van der Waals surface area contributed by atoms with Crippen molar-refractivity contribution in [2.24, 2.45) is 0 Å². The number of nitrogens with zero attached hydrogens (tertiary/aromatic N) is 1. The quantitative estimate of drug-likeness (QED) is 0.726. The fourth-order valence-corrected chi connectivity index (χ4v) is 4.68. The molecule has 1 aliphatic rings. The highest BCUT2D eigenvalue weighted by atomic mass is 16.1. The number of likely N-dealkylation sites (tertiary alicyclic amines) is 1. The fraction of sp³-hybridized carbons (Fsp3) is 0.944. The molecule has 0 atom stereocenters. The molecule has 0 spiro atoms. The molecule has 0 bridgehead atoms. The molecular formula is C18H35NO. The molecule has 1 fully saturated rings. The number of Topliss-reactive ketones (excluding diaryl/α,β-unsaturated/α-hetero) is 1. The van der Waals surface area contributed by atoms with E-state index in [9.17, 15) is 4.79 Å². The molecule has 0 radical (unpaired) electrons. The smallest absolute Gasteiger partial charge is 0.134 e. The second-order valence-corrected chi connectivity index (χ2v) is 7.58. The Labute approximate surface area is 126 Å². The van der Waals surface area contributed by atoms with Crippen LogP contribution < -0.4 is 0 Å². The maximum Gasteiger partial charge on any atom is 0.134 e. The van der Waals surface area contributed by atoms with Crippen molar-refractivity contribution >= 4 is 5.78 Å². The highest BCUT2D eigenvalue weighted by Gasteiger charge is 2.52. The third-order valence-electron chi connectivity index (χ3n) is 5.65. The van der Waals surface area contributed by atoms with Crippen molar-refractivity contribution in [1.82, 2.24) is 4.90 Å². The normalized spacial score (nSPS) is 23.6. The summed E-state index contributed by atoms with van der Waals surface area (Å²) in [6.45, 7) is 16.1. The van der Waals surface area contributed by atoms with Gasteiger partial charge in [-0.1, -0.05) is 27.7 Å². The first-order chi connectivity index (χ1) is 9.21. The first-order valence-electron chi connectivity index (χ1n) is 8.53. The Morgan fingerprint density at radius 3 is 1.75 bits per heavy atom. The summed E-state index contributed by atoms with van der Waals surface area (Å²) >= 11 is 0. The molecule has 0 unspecified atom stereocenters. The Balaban J connectivity index is 3.48. The molecule has 0 aromatic heterocycles. The lowest BCUT2D eigenvalue weighted by Crippen LogP contribution is -2.66. The predicted molar refractivity (Wildman–Crippen MR) is 87.1 cm³/mol. The van der Waals surface area contributed by atoms with E-state index in [-0.39, 0.29) is 16.6 Å². The number of rotatable bonds is 4. The average Bonchev–Trinajstić information content (AvgIpc) is 2.53. The highest BCUT2D eigenvalue weighted by molar-refractivity contribution is 5.80. The van der Waals surface area contributed by atoms with Crippen LogP contribution in [0, 0.1) is 0 Å². The van der Waals surface area contributed by atoms with E-state index in [4.69, 9.17) is 0 Å².